The molecule has 0 unspecified atom stereocenters. The van der Waals surface area contributed by atoms with Crippen LogP contribution in [0.3, 0.4) is 0 Å². The van der Waals surface area contributed by atoms with Crippen LogP contribution in [0.4, 0.5) is 10.5 Å². The zero-order valence-corrected chi connectivity index (χ0v) is 22.9. The van der Waals surface area contributed by atoms with Crippen molar-refractivity contribution in [2.24, 2.45) is 0 Å². The van der Waals surface area contributed by atoms with Crippen LogP contribution in [0.2, 0.25) is 0 Å². The first kappa shape index (κ1) is 25.9. The van der Waals surface area contributed by atoms with E-state index in [-0.39, 0.29) is 11.6 Å². The van der Waals surface area contributed by atoms with Crippen molar-refractivity contribution in [3.63, 3.8) is 0 Å². The first-order valence-electron chi connectivity index (χ1n) is 13.8. The van der Waals surface area contributed by atoms with Gasteiger partial charge in [0.25, 0.3) is 5.56 Å². The average Bonchev–Trinajstić information content (AvgIpc) is 3.47. The Hall–Kier alpha value is -3.40. The van der Waals surface area contributed by atoms with E-state index in [9.17, 15) is 9.59 Å². The Morgan fingerprint density at radius 2 is 1.74 bits per heavy atom. The van der Waals surface area contributed by atoms with Crippen LogP contribution < -0.4 is 15.2 Å². The third-order valence-corrected chi connectivity index (χ3v) is 8.55. The Morgan fingerprint density at radius 3 is 2.59 bits per heavy atom. The summed E-state index contributed by atoms with van der Waals surface area (Å²) < 4.78 is 14.0. The predicted molar refractivity (Wildman–Crippen MR) is 157 cm³/mol. The molecule has 0 aliphatic carbocycles. The number of nitrogens with zero attached hydrogens (tertiary/aromatic N) is 4. The lowest BCUT2D eigenvalue weighted by Crippen LogP contribution is -2.46. The smallest absolute Gasteiger partial charge is 0.331 e. The number of pyridine rings is 1. The maximum atomic E-state index is 13.1. The minimum Gasteiger partial charge on any atom is -0.494 e. The summed E-state index contributed by atoms with van der Waals surface area (Å²) in [4.78, 5) is 32.5. The number of rotatable bonds is 7. The molecule has 4 heterocycles. The number of morpholine rings is 1. The van der Waals surface area contributed by atoms with E-state index in [1.807, 2.05) is 18.2 Å². The van der Waals surface area contributed by atoms with E-state index in [4.69, 9.17) is 9.47 Å². The Morgan fingerprint density at radius 1 is 0.923 bits per heavy atom. The maximum absolute atomic E-state index is 13.1. The molecule has 9 heteroatoms. The molecule has 0 N–H and O–H groups in total. The highest BCUT2D eigenvalue weighted by Gasteiger charge is 2.22. The molecule has 0 bridgehead atoms. The van der Waals surface area contributed by atoms with Crippen molar-refractivity contribution in [1.29, 1.82) is 0 Å². The van der Waals surface area contributed by atoms with Crippen LogP contribution in [0.25, 0.3) is 21.0 Å². The molecule has 2 aromatic carbocycles. The number of amides is 1. The molecule has 0 atom stereocenters. The molecule has 4 aromatic rings. The number of piperazine rings is 1. The molecule has 2 aromatic heterocycles. The number of ether oxygens (including phenoxy) is 2. The number of benzene rings is 2. The Labute approximate surface area is 231 Å². The number of anilines is 1. The molecule has 204 valence electrons. The first-order valence-corrected chi connectivity index (χ1v) is 14.6. The molecular formula is C30H34N4O4S. The number of carbonyl (C=O) groups is 1. The molecule has 6 rings (SSSR count). The van der Waals surface area contributed by atoms with Gasteiger partial charge in [-0.2, -0.15) is 0 Å². The summed E-state index contributed by atoms with van der Waals surface area (Å²) >= 11 is 1.80. The topological polar surface area (TPSA) is 67.2 Å². The molecule has 0 radical (unpaired) electrons. The highest BCUT2D eigenvalue weighted by Crippen LogP contribution is 2.31. The SMILES string of the molecule is O=C(N1CCOCC1)n1c(=O)ccc2ccc(OCCCCN3CCN(c4cccc5sccc45)CC3)cc21. The molecule has 2 saturated heterocycles. The molecule has 2 aliphatic rings. The van der Waals surface area contributed by atoms with E-state index in [1.165, 1.54) is 26.4 Å². The highest BCUT2D eigenvalue weighted by molar-refractivity contribution is 7.17. The Kier molecular flexibility index (Phi) is 7.81. The summed E-state index contributed by atoms with van der Waals surface area (Å²) in [5, 5.41) is 4.37. The van der Waals surface area contributed by atoms with E-state index in [1.54, 1.807) is 22.3 Å². The number of hydrogen-bond donors (Lipinski definition) is 0. The van der Waals surface area contributed by atoms with Gasteiger partial charge in [0, 0.05) is 67.2 Å². The van der Waals surface area contributed by atoms with Gasteiger partial charge < -0.3 is 19.3 Å². The quantitative estimate of drug-likeness (QED) is 0.318. The summed E-state index contributed by atoms with van der Waals surface area (Å²) in [6, 6.07) is 17.4. The average molecular weight is 547 g/mol. The summed E-state index contributed by atoms with van der Waals surface area (Å²) in [5.74, 6) is 0.674. The van der Waals surface area contributed by atoms with Crippen molar-refractivity contribution in [1.82, 2.24) is 14.4 Å². The number of thiophene rings is 1. The predicted octanol–water partition coefficient (Wildman–Crippen LogP) is 4.50. The van der Waals surface area contributed by atoms with Gasteiger partial charge in [0.05, 0.1) is 25.3 Å². The van der Waals surface area contributed by atoms with E-state index < -0.39 is 0 Å². The van der Waals surface area contributed by atoms with Crippen molar-refractivity contribution in [2.45, 2.75) is 12.8 Å². The van der Waals surface area contributed by atoms with E-state index in [0.717, 1.165) is 51.0 Å². The van der Waals surface area contributed by atoms with Gasteiger partial charge in [-0.1, -0.05) is 6.07 Å². The van der Waals surface area contributed by atoms with Crippen LogP contribution in [0, 0.1) is 0 Å². The van der Waals surface area contributed by atoms with Crippen molar-refractivity contribution in [3.8, 4) is 5.75 Å². The molecule has 1 amide bonds. The standard InChI is InChI=1S/C30H34N4O4S/c35-29-9-7-23-6-8-24(22-27(23)34(29)30(36)33-16-19-37-20-17-33)38-18-2-1-11-31-12-14-32(15-13-31)26-4-3-5-28-25(26)10-21-39-28/h3-10,21-22H,1-2,11-20H2. The fraction of sp³-hybridized carbons (Fsp3) is 0.400. The molecule has 8 nitrogen and oxygen atoms in total. The third-order valence-electron chi connectivity index (χ3n) is 7.66. The molecule has 2 fully saturated rings. The normalized spacial score (nSPS) is 16.7. The molecule has 0 saturated carbocycles. The second-order valence-electron chi connectivity index (χ2n) is 10.1. The second kappa shape index (κ2) is 11.8. The zero-order chi connectivity index (χ0) is 26.6. The minimum absolute atomic E-state index is 0.307. The van der Waals surface area contributed by atoms with Crippen LogP contribution in [-0.2, 0) is 4.74 Å². The lowest BCUT2D eigenvalue weighted by atomic mass is 10.2. The summed E-state index contributed by atoms with van der Waals surface area (Å²) in [5.41, 5.74) is 1.60. The number of hydrogen-bond acceptors (Lipinski definition) is 7. The summed E-state index contributed by atoms with van der Waals surface area (Å²) in [7, 11) is 0. The zero-order valence-electron chi connectivity index (χ0n) is 22.1. The van der Waals surface area contributed by atoms with Crippen LogP contribution in [-0.4, -0.2) is 86.0 Å². The molecule has 39 heavy (non-hydrogen) atoms. The van der Waals surface area contributed by atoms with Gasteiger partial charge in [0.1, 0.15) is 5.75 Å². The maximum Gasteiger partial charge on any atom is 0.331 e. The van der Waals surface area contributed by atoms with Crippen molar-refractivity contribution >= 4 is 44.0 Å². The van der Waals surface area contributed by atoms with Crippen LogP contribution in [0.5, 0.6) is 5.75 Å². The van der Waals surface area contributed by atoms with Crippen molar-refractivity contribution in [2.75, 3.05) is 70.5 Å². The number of fused-ring (bicyclic) bond motifs is 2. The van der Waals surface area contributed by atoms with Crippen LogP contribution >= 0.6 is 11.3 Å². The van der Waals surface area contributed by atoms with Gasteiger partial charge >= 0.3 is 6.03 Å². The first-order chi connectivity index (χ1) is 19.2. The Balaban J connectivity index is 0.999. The second-order valence-corrected chi connectivity index (χ2v) is 11.1. The highest BCUT2D eigenvalue weighted by atomic mass is 32.1. The lowest BCUT2D eigenvalue weighted by Gasteiger charge is -2.36. The van der Waals surface area contributed by atoms with Gasteiger partial charge in [0.15, 0.2) is 0 Å². The van der Waals surface area contributed by atoms with E-state index in [0.29, 0.717) is 44.2 Å². The van der Waals surface area contributed by atoms with Crippen LogP contribution in [0.15, 0.2) is 64.8 Å². The number of aromatic nitrogens is 1. The van der Waals surface area contributed by atoms with E-state index in [2.05, 4.69) is 39.4 Å². The monoisotopic (exact) mass is 546 g/mol. The number of unbranched alkanes of at least 4 members (excludes halogenated alkanes) is 1. The molecule has 0 spiro atoms. The number of carbonyl (C=O) groups excluding carboxylic acids is 1. The molecule has 2 aliphatic heterocycles. The third kappa shape index (κ3) is 5.66. The fourth-order valence-corrected chi connectivity index (χ4v) is 6.30. The largest absolute Gasteiger partial charge is 0.494 e. The van der Waals surface area contributed by atoms with Gasteiger partial charge in [-0.3, -0.25) is 9.69 Å². The lowest BCUT2D eigenvalue weighted by molar-refractivity contribution is 0.0536. The fourth-order valence-electron chi connectivity index (χ4n) is 5.49. The van der Waals surface area contributed by atoms with Gasteiger partial charge in [-0.15, -0.1) is 11.3 Å². The molecular weight excluding hydrogens is 512 g/mol. The van der Waals surface area contributed by atoms with Gasteiger partial charge in [-0.05, 0) is 66.6 Å². The van der Waals surface area contributed by atoms with Gasteiger partial charge in [0.2, 0.25) is 0 Å². The van der Waals surface area contributed by atoms with Crippen molar-refractivity contribution in [3.05, 3.63) is 70.3 Å². The summed E-state index contributed by atoms with van der Waals surface area (Å²) in [6.07, 6.45) is 2.01. The van der Waals surface area contributed by atoms with Crippen LogP contribution in [0.1, 0.15) is 12.8 Å². The van der Waals surface area contributed by atoms with E-state index >= 15 is 0 Å². The summed E-state index contributed by atoms with van der Waals surface area (Å²) in [6.45, 7) is 7.84. The Bertz CT molecular complexity index is 1500. The van der Waals surface area contributed by atoms with Gasteiger partial charge in [-0.25, -0.2) is 9.36 Å². The minimum atomic E-state index is -0.330. The van der Waals surface area contributed by atoms with Crippen molar-refractivity contribution < 1.29 is 14.3 Å².